The van der Waals surface area contributed by atoms with Gasteiger partial charge in [-0.25, -0.2) is 4.98 Å². The zero-order valence-electron chi connectivity index (χ0n) is 11.6. The van der Waals surface area contributed by atoms with Crippen molar-refractivity contribution in [3.05, 3.63) is 65.5 Å². The molecule has 2 heteroatoms. The normalized spacial score (nSPS) is 12.8. The van der Waals surface area contributed by atoms with Crippen molar-refractivity contribution in [3.8, 4) is 0 Å². The van der Waals surface area contributed by atoms with Gasteiger partial charge in [0, 0.05) is 0 Å². The minimum absolute atomic E-state index is 0.299. The number of aryl methyl sites for hydroxylation is 2. The zero-order valence-corrected chi connectivity index (χ0v) is 11.6. The van der Waals surface area contributed by atoms with Crippen molar-refractivity contribution in [2.24, 2.45) is 0 Å². The number of fused-ring (bicyclic) bond motifs is 1. The number of imidazole rings is 1. The van der Waals surface area contributed by atoms with Crippen LogP contribution in [0.4, 0.5) is 0 Å². The summed E-state index contributed by atoms with van der Waals surface area (Å²) in [6.07, 6.45) is 1.95. The Balaban J connectivity index is 2.13. The van der Waals surface area contributed by atoms with Crippen molar-refractivity contribution >= 4 is 11.0 Å². The molecule has 0 N–H and O–H groups in total. The Labute approximate surface area is 113 Å². The van der Waals surface area contributed by atoms with Crippen LogP contribution in [0.25, 0.3) is 11.0 Å². The summed E-state index contributed by atoms with van der Waals surface area (Å²) in [4.78, 5) is 4.53. The summed E-state index contributed by atoms with van der Waals surface area (Å²) in [7, 11) is 0. The molecule has 0 saturated heterocycles. The van der Waals surface area contributed by atoms with E-state index in [4.69, 9.17) is 0 Å². The molecule has 3 aromatic rings. The van der Waals surface area contributed by atoms with Crippen LogP contribution in [0.2, 0.25) is 0 Å². The van der Waals surface area contributed by atoms with Crippen LogP contribution < -0.4 is 0 Å². The summed E-state index contributed by atoms with van der Waals surface area (Å²) in [5, 5.41) is 0. The molecule has 0 radical (unpaired) electrons. The molecule has 0 unspecified atom stereocenters. The molecular weight excluding hydrogens is 232 g/mol. The molecular formula is C17H18N2. The van der Waals surface area contributed by atoms with Crippen LogP contribution in [0.5, 0.6) is 0 Å². The Morgan fingerprint density at radius 1 is 1.00 bits per heavy atom. The van der Waals surface area contributed by atoms with Gasteiger partial charge in [0.2, 0.25) is 0 Å². The van der Waals surface area contributed by atoms with Crippen molar-refractivity contribution in [3.63, 3.8) is 0 Å². The monoisotopic (exact) mass is 250 g/mol. The molecule has 3 rings (SSSR count). The van der Waals surface area contributed by atoms with Crippen molar-refractivity contribution in [2.75, 3.05) is 0 Å². The highest BCUT2D eigenvalue weighted by Gasteiger charge is 2.11. The van der Waals surface area contributed by atoms with E-state index >= 15 is 0 Å². The Morgan fingerprint density at radius 3 is 2.42 bits per heavy atom. The first-order chi connectivity index (χ1) is 9.16. The molecule has 19 heavy (non-hydrogen) atoms. The molecule has 0 bridgehead atoms. The summed E-state index contributed by atoms with van der Waals surface area (Å²) < 4.78 is 2.25. The average molecular weight is 250 g/mol. The van der Waals surface area contributed by atoms with Gasteiger partial charge in [-0.3, -0.25) is 0 Å². The lowest BCUT2D eigenvalue weighted by molar-refractivity contribution is 0.657. The molecule has 2 aromatic carbocycles. The third-order valence-electron chi connectivity index (χ3n) is 3.89. The fourth-order valence-corrected chi connectivity index (χ4v) is 2.48. The van der Waals surface area contributed by atoms with Gasteiger partial charge < -0.3 is 4.57 Å². The molecule has 0 spiro atoms. The minimum atomic E-state index is 0.299. The smallest absolute Gasteiger partial charge is 0.0964 e. The lowest BCUT2D eigenvalue weighted by Crippen LogP contribution is -2.05. The number of benzene rings is 2. The van der Waals surface area contributed by atoms with Crippen LogP contribution in [0, 0.1) is 13.8 Å². The Bertz CT molecular complexity index is 711. The number of nitrogens with zero attached hydrogens (tertiary/aromatic N) is 2. The fraction of sp³-hybridized carbons (Fsp3) is 0.235. The van der Waals surface area contributed by atoms with E-state index in [9.17, 15) is 0 Å². The van der Waals surface area contributed by atoms with E-state index in [0.29, 0.717) is 6.04 Å². The highest BCUT2D eigenvalue weighted by molar-refractivity contribution is 5.77. The molecule has 2 nitrogen and oxygen atoms in total. The maximum atomic E-state index is 4.53. The quantitative estimate of drug-likeness (QED) is 0.664. The predicted octanol–water partition coefficient (Wildman–Crippen LogP) is 4.26. The van der Waals surface area contributed by atoms with E-state index in [0.717, 1.165) is 5.52 Å². The lowest BCUT2D eigenvalue weighted by Gasteiger charge is -2.15. The van der Waals surface area contributed by atoms with Gasteiger partial charge in [0.1, 0.15) is 0 Å². The molecule has 0 saturated carbocycles. The lowest BCUT2D eigenvalue weighted by atomic mass is 10.1. The van der Waals surface area contributed by atoms with Crippen molar-refractivity contribution in [1.29, 1.82) is 0 Å². The van der Waals surface area contributed by atoms with Crippen LogP contribution in [0.1, 0.15) is 29.7 Å². The molecule has 0 aliphatic carbocycles. The molecule has 0 aliphatic heterocycles. The summed E-state index contributed by atoms with van der Waals surface area (Å²) in [6.45, 7) is 6.50. The van der Waals surface area contributed by atoms with Gasteiger partial charge in [-0.1, -0.05) is 30.3 Å². The number of rotatable bonds is 2. The van der Waals surface area contributed by atoms with Gasteiger partial charge in [0.25, 0.3) is 0 Å². The van der Waals surface area contributed by atoms with Gasteiger partial charge in [-0.05, 0) is 49.6 Å². The SMILES string of the molecule is Cc1cc2ncn([C@@H](C)c3ccccc3)c2cc1C. The van der Waals surface area contributed by atoms with Crippen LogP contribution >= 0.6 is 0 Å². The minimum Gasteiger partial charge on any atom is -0.323 e. The highest BCUT2D eigenvalue weighted by atomic mass is 15.1. The van der Waals surface area contributed by atoms with Crippen LogP contribution in [-0.4, -0.2) is 9.55 Å². The second-order valence-electron chi connectivity index (χ2n) is 5.16. The van der Waals surface area contributed by atoms with E-state index in [-0.39, 0.29) is 0 Å². The molecule has 0 aliphatic rings. The van der Waals surface area contributed by atoms with Crippen molar-refractivity contribution in [1.82, 2.24) is 9.55 Å². The van der Waals surface area contributed by atoms with Crippen LogP contribution in [0.3, 0.4) is 0 Å². The number of hydrogen-bond acceptors (Lipinski definition) is 1. The topological polar surface area (TPSA) is 17.8 Å². The van der Waals surface area contributed by atoms with Crippen molar-refractivity contribution in [2.45, 2.75) is 26.8 Å². The Hall–Kier alpha value is -2.09. The average Bonchev–Trinajstić information content (AvgIpc) is 2.82. The van der Waals surface area contributed by atoms with Gasteiger partial charge in [0.15, 0.2) is 0 Å². The van der Waals surface area contributed by atoms with Gasteiger partial charge >= 0.3 is 0 Å². The van der Waals surface area contributed by atoms with Gasteiger partial charge in [-0.2, -0.15) is 0 Å². The van der Waals surface area contributed by atoms with E-state index in [1.807, 2.05) is 6.33 Å². The second kappa shape index (κ2) is 4.54. The van der Waals surface area contributed by atoms with E-state index in [1.54, 1.807) is 0 Å². The first-order valence-electron chi connectivity index (χ1n) is 6.65. The summed E-state index contributed by atoms with van der Waals surface area (Å²) in [5.74, 6) is 0. The molecule has 0 fully saturated rings. The maximum Gasteiger partial charge on any atom is 0.0964 e. The Morgan fingerprint density at radius 2 is 1.68 bits per heavy atom. The van der Waals surface area contributed by atoms with Crippen molar-refractivity contribution < 1.29 is 0 Å². The summed E-state index contributed by atoms with van der Waals surface area (Å²) in [6, 6.07) is 15.2. The van der Waals surface area contributed by atoms with E-state index in [2.05, 4.69) is 72.8 Å². The summed E-state index contributed by atoms with van der Waals surface area (Å²) >= 11 is 0. The molecule has 0 amide bonds. The first-order valence-corrected chi connectivity index (χ1v) is 6.65. The summed E-state index contributed by atoms with van der Waals surface area (Å²) in [5.41, 5.74) is 6.20. The van der Waals surface area contributed by atoms with Crippen LogP contribution in [-0.2, 0) is 0 Å². The maximum absolute atomic E-state index is 4.53. The molecule has 1 atom stereocenters. The standard InChI is InChI=1S/C17H18N2/c1-12-9-16-17(10-13(12)2)19(11-18-16)14(3)15-7-5-4-6-8-15/h4-11,14H,1-3H3/t14-/m0/s1. The zero-order chi connectivity index (χ0) is 13.4. The molecule has 96 valence electrons. The third kappa shape index (κ3) is 2.03. The van der Waals surface area contributed by atoms with E-state index < -0.39 is 0 Å². The number of aromatic nitrogens is 2. The van der Waals surface area contributed by atoms with Gasteiger partial charge in [0.05, 0.1) is 23.4 Å². The van der Waals surface area contributed by atoms with E-state index in [1.165, 1.54) is 22.2 Å². The largest absolute Gasteiger partial charge is 0.323 e. The molecule has 1 aromatic heterocycles. The highest BCUT2D eigenvalue weighted by Crippen LogP contribution is 2.25. The van der Waals surface area contributed by atoms with Gasteiger partial charge in [-0.15, -0.1) is 0 Å². The molecule has 1 heterocycles. The fourth-order valence-electron chi connectivity index (χ4n) is 2.48. The Kier molecular flexibility index (Phi) is 2.86. The first kappa shape index (κ1) is 12.0. The third-order valence-corrected chi connectivity index (χ3v) is 3.89. The van der Waals surface area contributed by atoms with Crippen LogP contribution in [0.15, 0.2) is 48.8 Å². The number of hydrogen-bond donors (Lipinski definition) is 0. The predicted molar refractivity (Wildman–Crippen MR) is 79.5 cm³/mol. The second-order valence-corrected chi connectivity index (χ2v) is 5.16.